The molecule has 0 aromatic carbocycles. The molecule has 176 valence electrons. The zero-order chi connectivity index (χ0) is 22.9. The molecule has 3 N–H and O–H groups in total. The van der Waals surface area contributed by atoms with Gasteiger partial charge < -0.3 is 20.5 Å². The third kappa shape index (κ3) is 3.97. The van der Waals surface area contributed by atoms with Gasteiger partial charge in [-0.05, 0) is 38.3 Å². The van der Waals surface area contributed by atoms with Crippen LogP contribution in [0.4, 0.5) is 4.79 Å². The minimum Gasteiger partial charge on any atom is -0.346 e. The molecule has 3 aromatic heterocycles. The number of nitrogens with zero attached hydrogens (tertiary/aromatic N) is 7. The van der Waals surface area contributed by atoms with Crippen LogP contribution in [0, 0.1) is 5.92 Å². The first-order valence-corrected chi connectivity index (χ1v) is 11.9. The maximum atomic E-state index is 12.5. The van der Waals surface area contributed by atoms with Crippen molar-refractivity contribution >= 4 is 17.1 Å². The molecule has 3 atom stereocenters. The molecule has 3 aromatic rings. The van der Waals surface area contributed by atoms with Gasteiger partial charge in [0, 0.05) is 69.2 Å². The lowest BCUT2D eigenvalue weighted by atomic mass is 9.71. The van der Waals surface area contributed by atoms with Crippen LogP contribution in [0.25, 0.3) is 22.3 Å². The van der Waals surface area contributed by atoms with E-state index in [1.807, 2.05) is 37.3 Å². The fourth-order valence-corrected chi connectivity index (χ4v) is 5.32. The van der Waals surface area contributed by atoms with Gasteiger partial charge in [0.15, 0.2) is 0 Å². The number of carbonyl (C=O) groups excluding carboxylic acids is 1. The Labute approximate surface area is 193 Å². The summed E-state index contributed by atoms with van der Waals surface area (Å²) in [5, 5.41) is 5.71. The van der Waals surface area contributed by atoms with Gasteiger partial charge in [0.2, 0.25) is 0 Å². The molecule has 2 amide bonds. The lowest BCUT2D eigenvalue weighted by molar-refractivity contribution is -0.0184. The monoisotopic (exact) mass is 451 g/mol. The fourth-order valence-electron chi connectivity index (χ4n) is 5.32. The second kappa shape index (κ2) is 9.11. The van der Waals surface area contributed by atoms with Gasteiger partial charge in [0.1, 0.15) is 12.0 Å². The number of urea groups is 1. The second-order valence-electron chi connectivity index (χ2n) is 9.10. The molecule has 5 rings (SSSR count). The first-order chi connectivity index (χ1) is 16.1. The van der Waals surface area contributed by atoms with Crippen LogP contribution >= 0.6 is 0 Å². The van der Waals surface area contributed by atoms with E-state index in [2.05, 4.69) is 30.7 Å². The van der Waals surface area contributed by atoms with Gasteiger partial charge in [-0.2, -0.15) is 5.10 Å². The zero-order valence-corrected chi connectivity index (χ0v) is 19.4. The van der Waals surface area contributed by atoms with Crippen LogP contribution in [0.15, 0.2) is 31.0 Å². The number of aromatic amines is 1. The molecule has 33 heavy (non-hydrogen) atoms. The molecule has 3 unspecified atom stereocenters. The Morgan fingerprint density at radius 2 is 2.06 bits per heavy atom. The van der Waals surface area contributed by atoms with Crippen molar-refractivity contribution in [2.24, 2.45) is 11.7 Å². The molecule has 1 saturated carbocycles. The van der Waals surface area contributed by atoms with E-state index >= 15 is 0 Å². The summed E-state index contributed by atoms with van der Waals surface area (Å²) in [7, 11) is 1.86. The number of rotatable bonds is 6. The Morgan fingerprint density at radius 3 is 2.82 bits per heavy atom. The first kappa shape index (κ1) is 21.8. The Hall–Kier alpha value is -2.98. The molecule has 4 heterocycles. The molecule has 1 aliphatic heterocycles. The van der Waals surface area contributed by atoms with E-state index in [0.29, 0.717) is 24.5 Å². The molecule has 10 heteroatoms. The smallest absolute Gasteiger partial charge is 0.319 e. The van der Waals surface area contributed by atoms with Gasteiger partial charge in [0.05, 0.1) is 17.9 Å². The second-order valence-corrected chi connectivity index (χ2v) is 9.10. The summed E-state index contributed by atoms with van der Waals surface area (Å²) in [6, 6.07) is 2.96. The maximum absolute atomic E-state index is 12.5. The van der Waals surface area contributed by atoms with E-state index < -0.39 is 0 Å². The van der Waals surface area contributed by atoms with Crippen molar-refractivity contribution in [1.82, 2.24) is 39.4 Å². The number of hydrogen-bond acceptors (Lipinski definition) is 6. The lowest BCUT2D eigenvalue weighted by Gasteiger charge is -2.52. The lowest BCUT2D eigenvalue weighted by Crippen LogP contribution is -2.60. The van der Waals surface area contributed by atoms with Crippen molar-refractivity contribution in [3.63, 3.8) is 0 Å². The highest BCUT2D eigenvalue weighted by Crippen LogP contribution is 2.44. The highest BCUT2D eigenvalue weighted by atomic mass is 16.2. The van der Waals surface area contributed by atoms with Crippen LogP contribution in [0.2, 0.25) is 0 Å². The number of H-pyrrole nitrogens is 1. The van der Waals surface area contributed by atoms with Crippen molar-refractivity contribution in [3.8, 4) is 11.3 Å². The SMILES string of the molecule is CCN(C)C(=O)N1CCN(C2CC(n3cc(-c4ncnc5[nH]ccc45)cn3)C2CCN)CC1. The minimum absolute atomic E-state index is 0.132. The molecular formula is C23H33N9O. The largest absolute Gasteiger partial charge is 0.346 e. The van der Waals surface area contributed by atoms with Crippen molar-refractivity contribution in [1.29, 1.82) is 0 Å². The summed E-state index contributed by atoms with van der Waals surface area (Å²) in [6.45, 7) is 6.81. The van der Waals surface area contributed by atoms with E-state index in [-0.39, 0.29) is 6.03 Å². The standard InChI is InChI=1S/C23H33N9O/c1-3-29(2)23(33)31-10-8-30(9-11-31)19-12-20(17(19)4-6-24)32-14-16(13-28-32)21-18-5-7-25-22(18)27-15-26-21/h5,7,13-15,17,19-20H,3-4,6,8-12,24H2,1-2H3,(H,25,26,27). The summed E-state index contributed by atoms with van der Waals surface area (Å²) in [4.78, 5) is 30.7. The fraction of sp³-hybridized carbons (Fsp3) is 0.565. The molecule has 10 nitrogen and oxygen atoms in total. The van der Waals surface area contributed by atoms with Gasteiger partial charge in [-0.1, -0.05) is 0 Å². The summed E-state index contributed by atoms with van der Waals surface area (Å²) < 4.78 is 2.10. The van der Waals surface area contributed by atoms with Gasteiger partial charge in [-0.25, -0.2) is 14.8 Å². The number of aromatic nitrogens is 5. The zero-order valence-electron chi connectivity index (χ0n) is 19.4. The quantitative estimate of drug-likeness (QED) is 0.591. The highest BCUT2D eigenvalue weighted by molar-refractivity contribution is 5.89. The normalized spacial score (nSPS) is 23.6. The number of piperazine rings is 1. The minimum atomic E-state index is 0.132. The number of hydrogen-bond donors (Lipinski definition) is 2. The van der Waals surface area contributed by atoms with Gasteiger partial charge in [-0.15, -0.1) is 0 Å². The van der Waals surface area contributed by atoms with Crippen LogP contribution < -0.4 is 5.73 Å². The maximum Gasteiger partial charge on any atom is 0.319 e. The van der Waals surface area contributed by atoms with Gasteiger partial charge >= 0.3 is 6.03 Å². The third-order valence-electron chi connectivity index (χ3n) is 7.39. The number of nitrogens with one attached hydrogen (secondary N) is 1. The number of amides is 2. The summed E-state index contributed by atoms with van der Waals surface area (Å²) in [5.41, 5.74) is 8.74. The molecule has 0 spiro atoms. The predicted octanol–water partition coefficient (Wildman–Crippen LogP) is 1.79. The van der Waals surface area contributed by atoms with Crippen LogP contribution in [-0.2, 0) is 0 Å². The van der Waals surface area contributed by atoms with Gasteiger partial charge in [0.25, 0.3) is 0 Å². The Kier molecular flexibility index (Phi) is 6.03. The van der Waals surface area contributed by atoms with E-state index in [4.69, 9.17) is 10.8 Å². The van der Waals surface area contributed by atoms with Crippen molar-refractivity contribution in [2.45, 2.75) is 31.8 Å². The molecule has 1 aliphatic carbocycles. The summed E-state index contributed by atoms with van der Waals surface area (Å²) in [5.74, 6) is 0.459. The van der Waals surface area contributed by atoms with Crippen molar-refractivity contribution in [3.05, 3.63) is 31.0 Å². The Morgan fingerprint density at radius 1 is 1.24 bits per heavy atom. The number of carbonyl (C=O) groups is 1. The molecule has 2 fully saturated rings. The van der Waals surface area contributed by atoms with Crippen LogP contribution in [0.3, 0.4) is 0 Å². The molecule has 0 radical (unpaired) electrons. The van der Waals surface area contributed by atoms with Crippen molar-refractivity contribution < 1.29 is 4.79 Å². The van der Waals surface area contributed by atoms with E-state index in [0.717, 1.165) is 67.9 Å². The topological polar surface area (TPSA) is 112 Å². The molecule has 2 aliphatic rings. The summed E-state index contributed by atoms with van der Waals surface area (Å²) in [6.07, 6.45) is 9.50. The van der Waals surface area contributed by atoms with E-state index in [9.17, 15) is 4.79 Å². The van der Waals surface area contributed by atoms with Crippen LogP contribution in [0.5, 0.6) is 0 Å². The Balaban J connectivity index is 1.26. The first-order valence-electron chi connectivity index (χ1n) is 11.9. The van der Waals surface area contributed by atoms with Crippen molar-refractivity contribution in [2.75, 3.05) is 46.3 Å². The van der Waals surface area contributed by atoms with Crippen LogP contribution in [-0.4, -0.2) is 97.8 Å². The molecule has 1 saturated heterocycles. The van der Waals surface area contributed by atoms with Crippen LogP contribution in [0.1, 0.15) is 25.8 Å². The predicted molar refractivity (Wildman–Crippen MR) is 127 cm³/mol. The molecular weight excluding hydrogens is 418 g/mol. The third-order valence-corrected chi connectivity index (χ3v) is 7.39. The number of nitrogens with two attached hydrogens (primary N) is 1. The van der Waals surface area contributed by atoms with E-state index in [1.165, 1.54) is 0 Å². The number of fused-ring (bicyclic) bond motifs is 1. The average molecular weight is 452 g/mol. The summed E-state index contributed by atoms with van der Waals surface area (Å²) >= 11 is 0. The van der Waals surface area contributed by atoms with E-state index in [1.54, 1.807) is 11.2 Å². The average Bonchev–Trinajstić information content (AvgIpc) is 3.51. The van der Waals surface area contributed by atoms with Gasteiger partial charge in [-0.3, -0.25) is 9.58 Å². The molecule has 0 bridgehead atoms. The Bertz CT molecular complexity index is 1100. The highest BCUT2D eigenvalue weighted by Gasteiger charge is 2.45.